The van der Waals surface area contributed by atoms with Gasteiger partial charge in [-0.3, -0.25) is 4.79 Å². The first kappa shape index (κ1) is 15.3. The summed E-state index contributed by atoms with van der Waals surface area (Å²) in [6.45, 7) is 0.611. The molecule has 0 aliphatic heterocycles. The molecule has 1 aromatic rings. The fourth-order valence-corrected chi connectivity index (χ4v) is 1.47. The average molecular weight is 288 g/mol. The summed E-state index contributed by atoms with van der Waals surface area (Å²) in [7, 11) is 1.53. The molecule has 0 bridgehead atoms. The number of benzene rings is 1. The molecule has 0 saturated carbocycles. The first-order valence-corrected chi connectivity index (χ1v) is 5.83. The zero-order valence-electron chi connectivity index (χ0n) is 10.3. The van der Waals surface area contributed by atoms with Gasteiger partial charge in [0.15, 0.2) is 6.61 Å². The Labute approximate surface area is 115 Å². The quantitative estimate of drug-likeness (QED) is 0.736. The molecule has 0 aliphatic rings. The van der Waals surface area contributed by atoms with Crippen LogP contribution in [0.25, 0.3) is 0 Å². The van der Waals surface area contributed by atoms with Crippen LogP contribution < -0.4 is 10.1 Å². The summed E-state index contributed by atoms with van der Waals surface area (Å²) in [4.78, 5) is 22.1. The van der Waals surface area contributed by atoms with Gasteiger partial charge in [-0.1, -0.05) is 11.6 Å². The number of carbonyl (C=O) groups excluding carboxylic acids is 1. The van der Waals surface area contributed by atoms with Crippen molar-refractivity contribution in [1.29, 1.82) is 0 Å². The number of halogens is 1. The van der Waals surface area contributed by atoms with Crippen molar-refractivity contribution in [3.63, 3.8) is 0 Å². The summed E-state index contributed by atoms with van der Waals surface area (Å²) < 4.78 is 9.96. The molecule has 1 rings (SSSR count). The van der Waals surface area contributed by atoms with Gasteiger partial charge in [-0.15, -0.1) is 0 Å². The molecule has 6 nitrogen and oxygen atoms in total. The third kappa shape index (κ3) is 5.15. The minimum absolute atomic E-state index is 0.0573. The van der Waals surface area contributed by atoms with Gasteiger partial charge < -0.3 is 19.9 Å². The Morgan fingerprint density at radius 1 is 1.42 bits per heavy atom. The molecule has 104 valence electrons. The van der Waals surface area contributed by atoms with Gasteiger partial charge >= 0.3 is 5.97 Å². The summed E-state index contributed by atoms with van der Waals surface area (Å²) in [6, 6.07) is 4.03. The van der Waals surface area contributed by atoms with Gasteiger partial charge in [0.05, 0.1) is 17.2 Å². The van der Waals surface area contributed by atoms with E-state index in [4.69, 9.17) is 26.2 Å². The molecule has 0 saturated heterocycles. The lowest BCUT2D eigenvalue weighted by Crippen LogP contribution is -2.31. The largest absolute Gasteiger partial charge is 0.482 e. The predicted molar refractivity (Wildman–Crippen MR) is 68.8 cm³/mol. The third-order valence-electron chi connectivity index (χ3n) is 2.17. The number of hydrogen-bond acceptors (Lipinski definition) is 4. The second kappa shape index (κ2) is 7.60. The molecule has 0 aliphatic carbocycles. The molecule has 19 heavy (non-hydrogen) atoms. The van der Waals surface area contributed by atoms with Gasteiger partial charge in [0.25, 0.3) is 5.91 Å². The molecule has 0 radical (unpaired) electrons. The highest BCUT2D eigenvalue weighted by atomic mass is 35.5. The van der Waals surface area contributed by atoms with Crippen LogP contribution in [-0.2, 0) is 9.53 Å². The molecule has 0 spiro atoms. The first-order valence-electron chi connectivity index (χ1n) is 5.46. The van der Waals surface area contributed by atoms with Gasteiger partial charge in [0.1, 0.15) is 5.75 Å². The van der Waals surface area contributed by atoms with Crippen LogP contribution in [0.15, 0.2) is 18.2 Å². The van der Waals surface area contributed by atoms with E-state index in [2.05, 4.69) is 5.32 Å². The highest BCUT2D eigenvalue weighted by molar-refractivity contribution is 6.32. The Morgan fingerprint density at radius 3 is 2.74 bits per heavy atom. The number of carboxylic acids is 1. The predicted octanol–water partition coefficient (Wildman–Crippen LogP) is 1.18. The van der Waals surface area contributed by atoms with Gasteiger partial charge in [-0.25, -0.2) is 4.79 Å². The highest BCUT2D eigenvalue weighted by Crippen LogP contribution is 2.25. The van der Waals surface area contributed by atoms with E-state index in [1.54, 1.807) is 0 Å². The number of ether oxygens (including phenoxy) is 2. The Bertz CT molecular complexity index is 463. The van der Waals surface area contributed by atoms with Gasteiger partial charge in [-0.2, -0.15) is 0 Å². The zero-order chi connectivity index (χ0) is 14.3. The second-order valence-corrected chi connectivity index (χ2v) is 3.99. The van der Waals surface area contributed by atoms with Gasteiger partial charge in [0, 0.05) is 13.7 Å². The first-order chi connectivity index (χ1) is 9.04. The van der Waals surface area contributed by atoms with Crippen LogP contribution in [-0.4, -0.2) is 43.9 Å². The Hall–Kier alpha value is -1.79. The van der Waals surface area contributed by atoms with E-state index in [1.807, 2.05) is 0 Å². The van der Waals surface area contributed by atoms with Crippen molar-refractivity contribution in [2.24, 2.45) is 0 Å². The lowest BCUT2D eigenvalue weighted by Gasteiger charge is -2.09. The number of aromatic carboxylic acids is 1. The SMILES string of the molecule is COCCNC(=O)COc1ccc(C(=O)O)cc1Cl. The molecular weight excluding hydrogens is 274 g/mol. The molecule has 1 aromatic carbocycles. The summed E-state index contributed by atoms with van der Waals surface area (Å²) in [5.41, 5.74) is 0.0573. The molecule has 7 heteroatoms. The third-order valence-corrected chi connectivity index (χ3v) is 2.46. The van der Waals surface area contributed by atoms with Crippen molar-refractivity contribution >= 4 is 23.5 Å². The van der Waals surface area contributed by atoms with Crippen molar-refractivity contribution in [2.75, 3.05) is 26.9 Å². The molecule has 2 N–H and O–H groups in total. The summed E-state index contributed by atoms with van der Waals surface area (Å²) >= 11 is 5.84. The van der Waals surface area contributed by atoms with Crippen molar-refractivity contribution < 1.29 is 24.2 Å². The number of rotatable bonds is 7. The van der Waals surface area contributed by atoms with Crippen LogP contribution in [0.5, 0.6) is 5.75 Å². The Kier molecular flexibility index (Phi) is 6.11. The van der Waals surface area contributed by atoms with E-state index in [9.17, 15) is 9.59 Å². The van der Waals surface area contributed by atoms with Gasteiger partial charge in [0.2, 0.25) is 0 Å². The second-order valence-electron chi connectivity index (χ2n) is 3.58. The fraction of sp³-hybridized carbons (Fsp3) is 0.333. The molecular formula is C12H14ClNO5. The van der Waals surface area contributed by atoms with Crippen LogP contribution in [0.2, 0.25) is 5.02 Å². The van der Waals surface area contributed by atoms with Crippen molar-refractivity contribution in [3.05, 3.63) is 28.8 Å². The maximum Gasteiger partial charge on any atom is 0.335 e. The van der Waals surface area contributed by atoms with Gasteiger partial charge in [-0.05, 0) is 18.2 Å². The monoisotopic (exact) mass is 287 g/mol. The van der Waals surface area contributed by atoms with Crippen LogP contribution in [0.4, 0.5) is 0 Å². The molecule has 0 atom stereocenters. The lowest BCUT2D eigenvalue weighted by atomic mass is 10.2. The van der Waals surface area contributed by atoms with Crippen LogP contribution in [0, 0.1) is 0 Å². The van der Waals surface area contributed by atoms with Crippen LogP contribution in [0.3, 0.4) is 0 Å². The molecule has 0 unspecified atom stereocenters. The van der Waals surface area contributed by atoms with E-state index in [1.165, 1.54) is 25.3 Å². The molecule has 1 amide bonds. The minimum atomic E-state index is -1.08. The smallest absolute Gasteiger partial charge is 0.335 e. The maximum atomic E-state index is 11.3. The topological polar surface area (TPSA) is 84.9 Å². The van der Waals surface area contributed by atoms with E-state index >= 15 is 0 Å². The van der Waals surface area contributed by atoms with Crippen molar-refractivity contribution in [3.8, 4) is 5.75 Å². The minimum Gasteiger partial charge on any atom is -0.482 e. The number of nitrogens with one attached hydrogen (secondary N) is 1. The lowest BCUT2D eigenvalue weighted by molar-refractivity contribution is -0.123. The van der Waals surface area contributed by atoms with E-state index in [-0.39, 0.29) is 28.8 Å². The number of carbonyl (C=O) groups is 2. The molecule has 0 heterocycles. The normalized spacial score (nSPS) is 10.0. The average Bonchev–Trinajstić information content (AvgIpc) is 2.37. The molecule has 0 aromatic heterocycles. The van der Waals surface area contributed by atoms with Crippen molar-refractivity contribution in [1.82, 2.24) is 5.32 Å². The number of amides is 1. The van der Waals surface area contributed by atoms with Crippen molar-refractivity contribution in [2.45, 2.75) is 0 Å². The van der Waals surface area contributed by atoms with Crippen LogP contribution in [0.1, 0.15) is 10.4 Å². The maximum absolute atomic E-state index is 11.3. The van der Waals surface area contributed by atoms with E-state index < -0.39 is 5.97 Å². The number of carboxylic acid groups (broad SMARTS) is 1. The standard InChI is InChI=1S/C12H14ClNO5/c1-18-5-4-14-11(15)7-19-10-3-2-8(12(16)17)6-9(10)13/h2-3,6H,4-5,7H2,1H3,(H,14,15)(H,16,17). The fourth-order valence-electron chi connectivity index (χ4n) is 1.24. The Balaban J connectivity index is 2.49. The summed E-state index contributed by atoms with van der Waals surface area (Å²) in [5, 5.41) is 11.5. The number of hydrogen-bond donors (Lipinski definition) is 2. The summed E-state index contributed by atoms with van der Waals surface area (Å²) in [5.74, 6) is -1.13. The molecule has 0 fully saturated rings. The zero-order valence-corrected chi connectivity index (χ0v) is 11.1. The number of methoxy groups -OCH3 is 1. The summed E-state index contributed by atoms with van der Waals surface area (Å²) in [6.07, 6.45) is 0. The van der Waals surface area contributed by atoms with Crippen LogP contribution >= 0.6 is 11.6 Å². The van der Waals surface area contributed by atoms with E-state index in [0.29, 0.717) is 13.2 Å². The highest BCUT2D eigenvalue weighted by Gasteiger charge is 2.09. The Morgan fingerprint density at radius 2 is 2.16 bits per heavy atom. The van der Waals surface area contributed by atoms with E-state index in [0.717, 1.165) is 0 Å².